The van der Waals surface area contributed by atoms with Crippen molar-refractivity contribution in [2.45, 2.75) is 77.3 Å². The minimum Gasteiger partial charge on any atom is -0.496 e. The van der Waals surface area contributed by atoms with Gasteiger partial charge in [-0.25, -0.2) is 0 Å². The Hall–Kier alpha value is -0.283. The predicted octanol–water partition coefficient (Wildman–Crippen LogP) is 4.48. The maximum atomic E-state index is 6.28. The molecule has 0 amide bonds. The fraction of sp³-hybridized carbons (Fsp3) is 0.857. The van der Waals surface area contributed by atoms with Crippen molar-refractivity contribution in [1.82, 2.24) is 0 Å². The topological polar surface area (TPSA) is 18.5 Å². The molecule has 0 aromatic rings. The normalized spacial score (nSPS) is 25.4. The molecule has 2 nitrogen and oxygen atoms in total. The predicted molar refractivity (Wildman–Crippen MR) is 75.6 cm³/mol. The summed E-state index contributed by atoms with van der Waals surface area (Å²) in [5.41, 5.74) is 0. The van der Waals surface area contributed by atoms with Crippen LogP contribution in [0.2, 0.25) is 19.6 Å². The van der Waals surface area contributed by atoms with E-state index in [1.807, 2.05) is 6.26 Å². The fourth-order valence-corrected chi connectivity index (χ4v) is 3.37. The molecular weight excluding hydrogens is 228 g/mol. The van der Waals surface area contributed by atoms with Crippen LogP contribution >= 0.6 is 0 Å². The van der Waals surface area contributed by atoms with Gasteiger partial charge in [-0.3, -0.25) is 0 Å². The molecule has 3 heteroatoms. The molecule has 0 fully saturated rings. The van der Waals surface area contributed by atoms with E-state index in [4.69, 9.17) is 9.16 Å². The van der Waals surface area contributed by atoms with Crippen molar-refractivity contribution in [3.05, 3.63) is 12.3 Å². The molecule has 0 radical (unpaired) electrons. The first-order valence-corrected chi connectivity index (χ1v) is 10.4. The van der Waals surface area contributed by atoms with E-state index < -0.39 is 8.32 Å². The van der Waals surface area contributed by atoms with Crippen molar-refractivity contribution in [2.24, 2.45) is 0 Å². The summed E-state index contributed by atoms with van der Waals surface area (Å²) in [5.74, 6) is 0. The first kappa shape index (κ1) is 14.8. The molecule has 2 atom stereocenters. The summed E-state index contributed by atoms with van der Waals surface area (Å²) >= 11 is 0. The highest BCUT2D eigenvalue weighted by Crippen LogP contribution is 2.23. The van der Waals surface area contributed by atoms with Gasteiger partial charge >= 0.3 is 0 Å². The van der Waals surface area contributed by atoms with Crippen LogP contribution in [0.4, 0.5) is 0 Å². The maximum Gasteiger partial charge on any atom is 0.184 e. The number of ether oxygens (including phenoxy) is 1. The van der Waals surface area contributed by atoms with Crippen LogP contribution in [0.25, 0.3) is 0 Å². The molecule has 17 heavy (non-hydrogen) atoms. The molecule has 0 unspecified atom stereocenters. The lowest BCUT2D eigenvalue weighted by molar-refractivity contribution is 0.0152. The van der Waals surface area contributed by atoms with Crippen LogP contribution < -0.4 is 0 Å². The van der Waals surface area contributed by atoms with Gasteiger partial charge in [0.05, 0.1) is 12.4 Å². The number of hydrogen-bond acceptors (Lipinski definition) is 2. The van der Waals surface area contributed by atoms with Gasteiger partial charge in [0.15, 0.2) is 8.32 Å². The smallest absolute Gasteiger partial charge is 0.184 e. The van der Waals surface area contributed by atoms with Crippen molar-refractivity contribution in [3.63, 3.8) is 0 Å². The molecule has 1 aliphatic rings. The van der Waals surface area contributed by atoms with Crippen LogP contribution in [0.3, 0.4) is 0 Å². The average molecular weight is 256 g/mol. The molecule has 0 aliphatic carbocycles. The zero-order valence-corrected chi connectivity index (χ0v) is 12.9. The molecule has 0 N–H and O–H groups in total. The quantitative estimate of drug-likeness (QED) is 0.515. The third-order valence-corrected chi connectivity index (χ3v) is 3.99. The molecule has 1 heterocycles. The lowest BCUT2D eigenvalue weighted by Gasteiger charge is -2.31. The van der Waals surface area contributed by atoms with E-state index in [-0.39, 0.29) is 6.10 Å². The van der Waals surface area contributed by atoms with Gasteiger partial charge in [0.25, 0.3) is 0 Å². The zero-order chi connectivity index (χ0) is 12.7. The van der Waals surface area contributed by atoms with Crippen molar-refractivity contribution in [2.75, 3.05) is 0 Å². The van der Waals surface area contributed by atoms with Crippen molar-refractivity contribution < 1.29 is 9.16 Å². The third-order valence-electron chi connectivity index (χ3n) is 2.98. The highest BCUT2D eigenvalue weighted by atomic mass is 28.4. The summed E-state index contributed by atoms with van der Waals surface area (Å²) in [7, 11) is -1.46. The molecular formula is C14H28O2Si. The van der Waals surface area contributed by atoms with Gasteiger partial charge in [0, 0.05) is 0 Å². The van der Waals surface area contributed by atoms with Crippen molar-refractivity contribution >= 4 is 8.32 Å². The van der Waals surface area contributed by atoms with Gasteiger partial charge in [-0.15, -0.1) is 0 Å². The van der Waals surface area contributed by atoms with Gasteiger partial charge in [0.1, 0.15) is 6.10 Å². The molecule has 0 saturated carbocycles. The van der Waals surface area contributed by atoms with Gasteiger partial charge < -0.3 is 9.16 Å². The minimum atomic E-state index is -1.46. The van der Waals surface area contributed by atoms with E-state index in [0.29, 0.717) is 6.10 Å². The minimum absolute atomic E-state index is 0.270. The van der Waals surface area contributed by atoms with Gasteiger partial charge in [0.2, 0.25) is 0 Å². The summed E-state index contributed by atoms with van der Waals surface area (Å²) < 4.78 is 12.1. The monoisotopic (exact) mass is 256 g/mol. The molecule has 0 saturated heterocycles. The Morgan fingerprint density at radius 2 is 2.06 bits per heavy atom. The molecule has 0 bridgehead atoms. The number of hydrogen-bond donors (Lipinski definition) is 0. The van der Waals surface area contributed by atoms with E-state index >= 15 is 0 Å². The Balaban J connectivity index is 2.49. The first-order chi connectivity index (χ1) is 8.03. The summed E-state index contributed by atoms with van der Waals surface area (Å²) in [6.07, 6.45) is 11.7. The Morgan fingerprint density at radius 1 is 1.29 bits per heavy atom. The highest BCUT2D eigenvalue weighted by Gasteiger charge is 2.28. The molecule has 0 spiro atoms. The second-order valence-electron chi connectivity index (χ2n) is 5.89. The van der Waals surface area contributed by atoms with E-state index in [2.05, 4.69) is 32.6 Å². The van der Waals surface area contributed by atoms with Crippen LogP contribution in [-0.2, 0) is 9.16 Å². The fourth-order valence-electron chi connectivity index (χ4n) is 2.20. The number of allylic oxidation sites excluding steroid dienone is 1. The van der Waals surface area contributed by atoms with Crippen LogP contribution in [0.1, 0.15) is 45.4 Å². The van der Waals surface area contributed by atoms with Crippen LogP contribution in [-0.4, -0.2) is 20.5 Å². The second-order valence-corrected chi connectivity index (χ2v) is 10.3. The van der Waals surface area contributed by atoms with E-state index in [1.165, 1.54) is 19.3 Å². The lowest BCUT2D eigenvalue weighted by atomic mass is 10.0. The van der Waals surface area contributed by atoms with E-state index in [9.17, 15) is 0 Å². The Morgan fingerprint density at radius 3 is 2.71 bits per heavy atom. The Labute approximate surface area is 108 Å². The summed E-state index contributed by atoms with van der Waals surface area (Å²) in [4.78, 5) is 0. The second kappa shape index (κ2) is 7.22. The molecule has 1 rings (SSSR count). The Bertz CT molecular complexity index is 233. The number of rotatable bonds is 6. The lowest BCUT2D eigenvalue weighted by Crippen LogP contribution is -2.39. The largest absolute Gasteiger partial charge is 0.496 e. The van der Waals surface area contributed by atoms with Gasteiger partial charge in [-0.05, 0) is 51.4 Å². The van der Waals surface area contributed by atoms with Gasteiger partial charge in [-0.2, -0.15) is 0 Å². The SMILES string of the molecule is CCCCC[C@@H]1OC=CCC[C@@H]1O[Si](C)(C)C. The zero-order valence-electron chi connectivity index (χ0n) is 11.9. The van der Waals surface area contributed by atoms with Crippen LogP contribution in [0.15, 0.2) is 12.3 Å². The number of unbranched alkanes of at least 4 members (excludes halogenated alkanes) is 2. The average Bonchev–Trinajstić information content (AvgIpc) is 2.43. The maximum absolute atomic E-state index is 6.28. The molecule has 0 aromatic carbocycles. The van der Waals surface area contributed by atoms with Gasteiger partial charge in [-0.1, -0.05) is 19.8 Å². The molecule has 0 aromatic heterocycles. The summed E-state index contributed by atoms with van der Waals surface area (Å²) in [6, 6.07) is 0. The van der Waals surface area contributed by atoms with E-state index in [1.54, 1.807) is 0 Å². The summed E-state index contributed by atoms with van der Waals surface area (Å²) in [6.45, 7) is 9.02. The third kappa shape index (κ3) is 6.27. The van der Waals surface area contributed by atoms with Crippen LogP contribution in [0, 0.1) is 0 Å². The van der Waals surface area contributed by atoms with E-state index in [0.717, 1.165) is 19.3 Å². The Kier molecular flexibility index (Phi) is 6.27. The molecule has 1 aliphatic heterocycles. The van der Waals surface area contributed by atoms with Crippen molar-refractivity contribution in [1.29, 1.82) is 0 Å². The standard InChI is InChI=1S/C14H28O2Si/c1-5-6-7-10-13-14(16-17(2,3)4)11-8-9-12-15-13/h9,12-14H,5-8,10-11H2,1-4H3/t13-,14-/m0/s1. The van der Waals surface area contributed by atoms with Crippen LogP contribution in [0.5, 0.6) is 0 Å². The van der Waals surface area contributed by atoms with Crippen molar-refractivity contribution in [3.8, 4) is 0 Å². The highest BCUT2D eigenvalue weighted by molar-refractivity contribution is 6.69. The molecule has 100 valence electrons. The summed E-state index contributed by atoms with van der Waals surface area (Å²) in [5, 5.41) is 0. The first-order valence-electron chi connectivity index (χ1n) is 7.01.